The highest BCUT2D eigenvalue weighted by Gasteiger charge is 2.35. The number of carbonyl (C=O) groups is 1. The maximum atomic E-state index is 11.8. The SMILES string of the molecule is CC(C)NC(=O)C1COCCN1S(C)(=O)=O. The van der Waals surface area contributed by atoms with E-state index in [0.717, 1.165) is 6.26 Å². The van der Waals surface area contributed by atoms with Gasteiger partial charge in [0, 0.05) is 12.6 Å². The number of nitrogens with one attached hydrogen (secondary N) is 1. The molecule has 1 aliphatic rings. The topological polar surface area (TPSA) is 75.7 Å². The van der Waals surface area contributed by atoms with Crippen LogP contribution in [0.5, 0.6) is 0 Å². The Labute approximate surface area is 96.0 Å². The summed E-state index contributed by atoms with van der Waals surface area (Å²) in [6.45, 7) is 4.33. The molecule has 1 N–H and O–H groups in total. The minimum atomic E-state index is -3.36. The third-order valence-corrected chi connectivity index (χ3v) is 3.53. The zero-order valence-electron chi connectivity index (χ0n) is 9.76. The van der Waals surface area contributed by atoms with Crippen LogP contribution in [-0.2, 0) is 19.6 Å². The van der Waals surface area contributed by atoms with Gasteiger partial charge in [0.15, 0.2) is 0 Å². The molecule has 16 heavy (non-hydrogen) atoms. The van der Waals surface area contributed by atoms with Crippen LogP contribution in [0.3, 0.4) is 0 Å². The van der Waals surface area contributed by atoms with Crippen LogP contribution in [0.15, 0.2) is 0 Å². The van der Waals surface area contributed by atoms with Gasteiger partial charge in [0.25, 0.3) is 0 Å². The summed E-state index contributed by atoms with van der Waals surface area (Å²) in [5, 5.41) is 2.69. The Morgan fingerprint density at radius 2 is 2.12 bits per heavy atom. The molecule has 1 amide bonds. The van der Waals surface area contributed by atoms with Gasteiger partial charge in [-0.3, -0.25) is 4.79 Å². The molecule has 1 saturated heterocycles. The van der Waals surface area contributed by atoms with Crippen LogP contribution in [0.25, 0.3) is 0 Å². The van der Waals surface area contributed by atoms with E-state index >= 15 is 0 Å². The van der Waals surface area contributed by atoms with Gasteiger partial charge in [0.1, 0.15) is 6.04 Å². The second kappa shape index (κ2) is 5.11. The molecule has 1 heterocycles. The number of hydrogen-bond acceptors (Lipinski definition) is 4. The maximum absolute atomic E-state index is 11.8. The van der Waals surface area contributed by atoms with Gasteiger partial charge in [0.2, 0.25) is 15.9 Å². The Kier molecular flexibility index (Phi) is 4.28. The lowest BCUT2D eigenvalue weighted by atomic mass is 10.2. The van der Waals surface area contributed by atoms with E-state index in [-0.39, 0.29) is 25.1 Å². The van der Waals surface area contributed by atoms with E-state index in [2.05, 4.69) is 5.32 Å². The summed E-state index contributed by atoms with van der Waals surface area (Å²) in [6.07, 6.45) is 1.11. The molecule has 1 atom stereocenters. The van der Waals surface area contributed by atoms with Crippen molar-refractivity contribution in [3.63, 3.8) is 0 Å². The van der Waals surface area contributed by atoms with E-state index in [1.54, 1.807) is 0 Å². The summed E-state index contributed by atoms with van der Waals surface area (Å²) in [5.41, 5.74) is 0. The summed E-state index contributed by atoms with van der Waals surface area (Å²) >= 11 is 0. The van der Waals surface area contributed by atoms with E-state index in [0.29, 0.717) is 6.61 Å². The van der Waals surface area contributed by atoms with Crippen molar-refractivity contribution in [1.29, 1.82) is 0 Å². The fourth-order valence-corrected chi connectivity index (χ4v) is 2.60. The van der Waals surface area contributed by atoms with Crippen molar-refractivity contribution in [2.24, 2.45) is 0 Å². The van der Waals surface area contributed by atoms with Crippen molar-refractivity contribution >= 4 is 15.9 Å². The molecule has 94 valence electrons. The van der Waals surface area contributed by atoms with E-state index < -0.39 is 16.1 Å². The van der Waals surface area contributed by atoms with E-state index in [4.69, 9.17) is 4.74 Å². The second-order valence-electron chi connectivity index (χ2n) is 4.13. The fraction of sp³-hybridized carbons (Fsp3) is 0.889. The Morgan fingerprint density at radius 3 is 2.62 bits per heavy atom. The highest BCUT2D eigenvalue weighted by molar-refractivity contribution is 7.88. The molecular weight excluding hydrogens is 232 g/mol. The summed E-state index contributed by atoms with van der Waals surface area (Å²) in [7, 11) is -3.36. The first-order chi connectivity index (χ1) is 7.32. The summed E-state index contributed by atoms with van der Waals surface area (Å²) < 4.78 is 29.3. The molecule has 0 aliphatic carbocycles. The molecule has 0 spiro atoms. The second-order valence-corrected chi connectivity index (χ2v) is 6.06. The van der Waals surface area contributed by atoms with Crippen molar-refractivity contribution in [2.75, 3.05) is 26.0 Å². The first-order valence-electron chi connectivity index (χ1n) is 5.17. The summed E-state index contributed by atoms with van der Waals surface area (Å²) in [6, 6.07) is -0.762. The standard InChI is InChI=1S/C9H18N2O4S/c1-7(2)10-9(12)8-6-15-5-4-11(8)16(3,13)14/h7-8H,4-6H2,1-3H3,(H,10,12). The van der Waals surface area contributed by atoms with Gasteiger partial charge in [-0.2, -0.15) is 4.31 Å². The van der Waals surface area contributed by atoms with Crippen molar-refractivity contribution in [2.45, 2.75) is 25.9 Å². The molecule has 0 aromatic heterocycles. The first-order valence-corrected chi connectivity index (χ1v) is 7.02. The fourth-order valence-electron chi connectivity index (χ4n) is 1.57. The lowest BCUT2D eigenvalue weighted by Crippen LogP contribution is -2.56. The monoisotopic (exact) mass is 250 g/mol. The lowest BCUT2D eigenvalue weighted by molar-refractivity contribution is -0.129. The van der Waals surface area contributed by atoms with Crippen LogP contribution >= 0.6 is 0 Å². The number of nitrogens with zero attached hydrogens (tertiary/aromatic N) is 1. The Hall–Kier alpha value is -0.660. The average Bonchev–Trinajstić information content (AvgIpc) is 2.15. The molecule has 7 heteroatoms. The van der Waals surface area contributed by atoms with Crippen LogP contribution in [0.2, 0.25) is 0 Å². The zero-order chi connectivity index (χ0) is 12.3. The molecule has 6 nitrogen and oxygen atoms in total. The van der Waals surface area contributed by atoms with Crippen molar-refractivity contribution in [3.8, 4) is 0 Å². The Balaban J connectivity index is 2.79. The molecule has 1 aliphatic heterocycles. The van der Waals surface area contributed by atoms with E-state index in [1.807, 2.05) is 13.8 Å². The number of morpholine rings is 1. The number of amides is 1. The van der Waals surface area contributed by atoms with Crippen LogP contribution in [-0.4, -0.2) is 56.7 Å². The molecule has 1 rings (SSSR count). The molecule has 0 aromatic rings. The van der Waals surface area contributed by atoms with Gasteiger partial charge in [-0.05, 0) is 13.8 Å². The van der Waals surface area contributed by atoms with Crippen LogP contribution in [0, 0.1) is 0 Å². The van der Waals surface area contributed by atoms with Gasteiger partial charge in [-0.15, -0.1) is 0 Å². The number of rotatable bonds is 3. The summed E-state index contributed by atoms with van der Waals surface area (Å²) in [4.78, 5) is 11.8. The Morgan fingerprint density at radius 1 is 1.50 bits per heavy atom. The van der Waals surface area contributed by atoms with Crippen LogP contribution in [0.4, 0.5) is 0 Å². The van der Waals surface area contributed by atoms with Crippen molar-refractivity contribution in [3.05, 3.63) is 0 Å². The predicted octanol–water partition coefficient (Wildman–Crippen LogP) is -0.829. The maximum Gasteiger partial charge on any atom is 0.241 e. The van der Waals surface area contributed by atoms with E-state index in [1.165, 1.54) is 4.31 Å². The highest BCUT2D eigenvalue weighted by Crippen LogP contribution is 2.11. The lowest BCUT2D eigenvalue weighted by Gasteiger charge is -2.32. The highest BCUT2D eigenvalue weighted by atomic mass is 32.2. The molecule has 0 aromatic carbocycles. The van der Waals surface area contributed by atoms with Gasteiger partial charge in [0.05, 0.1) is 19.5 Å². The first kappa shape index (κ1) is 13.4. The van der Waals surface area contributed by atoms with Gasteiger partial charge in [-0.25, -0.2) is 8.42 Å². The largest absolute Gasteiger partial charge is 0.378 e. The third kappa shape index (κ3) is 3.43. The predicted molar refractivity (Wildman–Crippen MR) is 59.4 cm³/mol. The van der Waals surface area contributed by atoms with Gasteiger partial charge >= 0.3 is 0 Å². The van der Waals surface area contributed by atoms with Crippen LogP contribution < -0.4 is 5.32 Å². The number of carbonyl (C=O) groups excluding carboxylic acids is 1. The molecular formula is C9H18N2O4S. The smallest absolute Gasteiger partial charge is 0.241 e. The molecule has 0 saturated carbocycles. The molecule has 0 bridgehead atoms. The van der Waals surface area contributed by atoms with Crippen LogP contribution in [0.1, 0.15) is 13.8 Å². The van der Waals surface area contributed by atoms with Crippen molar-refractivity contribution < 1.29 is 17.9 Å². The summed E-state index contributed by atoms with van der Waals surface area (Å²) in [5.74, 6) is -0.305. The zero-order valence-corrected chi connectivity index (χ0v) is 10.6. The molecule has 1 fully saturated rings. The number of hydrogen-bond donors (Lipinski definition) is 1. The van der Waals surface area contributed by atoms with Gasteiger partial charge in [-0.1, -0.05) is 0 Å². The molecule has 0 radical (unpaired) electrons. The number of ether oxygens (including phenoxy) is 1. The quantitative estimate of drug-likeness (QED) is 0.709. The van der Waals surface area contributed by atoms with Gasteiger partial charge < -0.3 is 10.1 Å². The minimum Gasteiger partial charge on any atom is -0.378 e. The van der Waals surface area contributed by atoms with Crippen molar-refractivity contribution in [1.82, 2.24) is 9.62 Å². The number of sulfonamides is 1. The normalized spacial score (nSPS) is 23.4. The third-order valence-electron chi connectivity index (χ3n) is 2.24. The average molecular weight is 250 g/mol. The Bertz CT molecular complexity index is 353. The van der Waals surface area contributed by atoms with E-state index in [9.17, 15) is 13.2 Å². The molecule has 1 unspecified atom stereocenters. The minimum absolute atomic E-state index is 0.0177.